The van der Waals surface area contributed by atoms with Crippen LogP contribution < -0.4 is 15.2 Å². The number of ether oxygens (including phenoxy) is 2. The molecule has 0 radical (unpaired) electrons. The van der Waals surface area contributed by atoms with Crippen LogP contribution in [-0.2, 0) is 0 Å². The number of carbonyl (C=O) groups is 1. The largest absolute Gasteiger partial charge is 0.494 e. The number of hydrogen-bond acceptors (Lipinski definition) is 3. The van der Waals surface area contributed by atoms with Gasteiger partial charge in [0.15, 0.2) is 0 Å². The van der Waals surface area contributed by atoms with Gasteiger partial charge in [0, 0.05) is 5.56 Å². The lowest BCUT2D eigenvalue weighted by atomic mass is 10.2. The van der Waals surface area contributed by atoms with Crippen LogP contribution in [0.3, 0.4) is 0 Å². The summed E-state index contributed by atoms with van der Waals surface area (Å²) in [4.78, 5) is 11.1. The van der Waals surface area contributed by atoms with Crippen molar-refractivity contribution in [3.63, 3.8) is 0 Å². The van der Waals surface area contributed by atoms with E-state index in [0.717, 1.165) is 18.6 Å². The van der Waals surface area contributed by atoms with Gasteiger partial charge in [-0.15, -0.1) is 0 Å². The SMILES string of the molecule is NC(=O)c1cccc(OCCCCOc2ccccc2)c1. The highest BCUT2D eigenvalue weighted by Gasteiger charge is 2.01. The first kappa shape index (κ1) is 14.9. The highest BCUT2D eigenvalue weighted by atomic mass is 16.5. The molecule has 110 valence electrons. The predicted molar refractivity (Wildman–Crippen MR) is 81.6 cm³/mol. The van der Waals surface area contributed by atoms with Gasteiger partial charge in [-0.3, -0.25) is 4.79 Å². The molecule has 21 heavy (non-hydrogen) atoms. The molecule has 0 aromatic heterocycles. The lowest BCUT2D eigenvalue weighted by Crippen LogP contribution is -2.11. The van der Waals surface area contributed by atoms with Crippen molar-refractivity contribution in [3.8, 4) is 11.5 Å². The molecule has 0 saturated carbocycles. The van der Waals surface area contributed by atoms with Crippen LogP contribution in [0.25, 0.3) is 0 Å². The Kier molecular flexibility index (Phi) is 5.64. The van der Waals surface area contributed by atoms with Gasteiger partial charge in [0.25, 0.3) is 0 Å². The van der Waals surface area contributed by atoms with Crippen molar-refractivity contribution in [2.45, 2.75) is 12.8 Å². The zero-order valence-corrected chi connectivity index (χ0v) is 11.8. The lowest BCUT2D eigenvalue weighted by molar-refractivity contribution is 0.1000. The van der Waals surface area contributed by atoms with Crippen molar-refractivity contribution in [3.05, 3.63) is 60.2 Å². The van der Waals surface area contributed by atoms with Crippen molar-refractivity contribution in [2.24, 2.45) is 5.73 Å². The summed E-state index contributed by atoms with van der Waals surface area (Å²) in [5, 5.41) is 0. The van der Waals surface area contributed by atoms with Crippen LogP contribution in [0.2, 0.25) is 0 Å². The van der Waals surface area contributed by atoms with Crippen LogP contribution >= 0.6 is 0 Å². The molecular weight excluding hydrogens is 266 g/mol. The Morgan fingerprint density at radius 1 is 0.857 bits per heavy atom. The summed E-state index contributed by atoms with van der Waals surface area (Å²) in [7, 11) is 0. The number of rotatable bonds is 8. The fourth-order valence-corrected chi connectivity index (χ4v) is 1.84. The van der Waals surface area contributed by atoms with Gasteiger partial charge >= 0.3 is 0 Å². The second-order valence-corrected chi connectivity index (χ2v) is 4.61. The van der Waals surface area contributed by atoms with E-state index < -0.39 is 5.91 Å². The molecule has 0 saturated heterocycles. The minimum absolute atomic E-state index is 0.447. The van der Waals surface area contributed by atoms with Gasteiger partial charge in [-0.25, -0.2) is 0 Å². The predicted octanol–water partition coefficient (Wildman–Crippen LogP) is 3.02. The number of unbranched alkanes of at least 4 members (excludes halogenated alkanes) is 1. The van der Waals surface area contributed by atoms with Gasteiger partial charge in [0.1, 0.15) is 11.5 Å². The van der Waals surface area contributed by atoms with E-state index in [9.17, 15) is 4.79 Å². The maximum absolute atomic E-state index is 11.1. The summed E-state index contributed by atoms with van der Waals surface area (Å²) in [5.74, 6) is 1.10. The fraction of sp³-hybridized carbons (Fsp3) is 0.235. The maximum atomic E-state index is 11.1. The van der Waals surface area contributed by atoms with Crippen molar-refractivity contribution in [1.29, 1.82) is 0 Å². The second kappa shape index (κ2) is 7.94. The van der Waals surface area contributed by atoms with Crippen LogP contribution in [-0.4, -0.2) is 19.1 Å². The van der Waals surface area contributed by atoms with Gasteiger partial charge in [-0.2, -0.15) is 0 Å². The van der Waals surface area contributed by atoms with Gasteiger partial charge in [0.05, 0.1) is 13.2 Å². The minimum atomic E-state index is -0.447. The minimum Gasteiger partial charge on any atom is -0.494 e. The number of amides is 1. The number of para-hydroxylation sites is 1. The van der Waals surface area contributed by atoms with E-state index in [1.807, 2.05) is 36.4 Å². The Morgan fingerprint density at radius 3 is 2.14 bits per heavy atom. The molecule has 2 aromatic rings. The fourth-order valence-electron chi connectivity index (χ4n) is 1.84. The maximum Gasteiger partial charge on any atom is 0.248 e. The molecule has 2 aromatic carbocycles. The Labute approximate surface area is 124 Å². The number of hydrogen-bond donors (Lipinski definition) is 1. The van der Waals surface area contributed by atoms with E-state index in [1.54, 1.807) is 18.2 Å². The summed E-state index contributed by atoms with van der Waals surface area (Å²) in [5.41, 5.74) is 5.68. The van der Waals surface area contributed by atoms with E-state index >= 15 is 0 Å². The van der Waals surface area contributed by atoms with Crippen molar-refractivity contribution in [2.75, 3.05) is 13.2 Å². The first-order valence-electron chi connectivity index (χ1n) is 6.96. The monoisotopic (exact) mass is 285 g/mol. The molecule has 4 nitrogen and oxygen atoms in total. The highest BCUT2D eigenvalue weighted by molar-refractivity contribution is 5.93. The normalized spacial score (nSPS) is 10.1. The summed E-state index contributed by atoms with van der Waals surface area (Å²) < 4.78 is 11.2. The Morgan fingerprint density at radius 2 is 1.48 bits per heavy atom. The first-order chi connectivity index (χ1) is 10.3. The van der Waals surface area contributed by atoms with E-state index in [2.05, 4.69) is 0 Å². The average Bonchev–Trinajstić information content (AvgIpc) is 2.52. The molecule has 0 bridgehead atoms. The molecule has 2 N–H and O–H groups in total. The number of benzene rings is 2. The third-order valence-corrected chi connectivity index (χ3v) is 2.94. The third kappa shape index (κ3) is 5.18. The summed E-state index contributed by atoms with van der Waals surface area (Å²) in [6.45, 7) is 1.25. The second-order valence-electron chi connectivity index (χ2n) is 4.61. The zero-order valence-electron chi connectivity index (χ0n) is 11.8. The molecule has 1 amide bonds. The molecule has 0 fully saturated rings. The Hall–Kier alpha value is -2.49. The molecule has 0 aliphatic heterocycles. The topological polar surface area (TPSA) is 61.6 Å². The molecule has 4 heteroatoms. The standard InChI is InChI=1S/C17H19NO3/c18-17(19)14-7-6-10-16(13-14)21-12-5-4-11-20-15-8-2-1-3-9-15/h1-3,6-10,13H,4-5,11-12H2,(H2,18,19). The summed E-state index contributed by atoms with van der Waals surface area (Å²) >= 11 is 0. The highest BCUT2D eigenvalue weighted by Crippen LogP contribution is 2.13. The van der Waals surface area contributed by atoms with Gasteiger partial charge in [-0.1, -0.05) is 24.3 Å². The van der Waals surface area contributed by atoms with Crippen molar-refractivity contribution in [1.82, 2.24) is 0 Å². The van der Waals surface area contributed by atoms with Crippen LogP contribution in [0.4, 0.5) is 0 Å². The molecule has 0 heterocycles. The first-order valence-corrected chi connectivity index (χ1v) is 6.96. The molecule has 0 spiro atoms. The molecule has 0 atom stereocenters. The van der Waals surface area contributed by atoms with Crippen LogP contribution in [0, 0.1) is 0 Å². The van der Waals surface area contributed by atoms with Gasteiger partial charge < -0.3 is 15.2 Å². The number of nitrogens with two attached hydrogens (primary N) is 1. The molecule has 0 unspecified atom stereocenters. The molecule has 2 rings (SSSR count). The van der Waals surface area contributed by atoms with E-state index in [4.69, 9.17) is 15.2 Å². The van der Waals surface area contributed by atoms with Gasteiger partial charge in [-0.05, 0) is 43.2 Å². The quantitative estimate of drug-likeness (QED) is 0.758. The van der Waals surface area contributed by atoms with Crippen LogP contribution in [0.15, 0.2) is 54.6 Å². The van der Waals surface area contributed by atoms with E-state index in [1.165, 1.54) is 0 Å². The lowest BCUT2D eigenvalue weighted by Gasteiger charge is -2.08. The summed E-state index contributed by atoms with van der Waals surface area (Å²) in [6.07, 6.45) is 1.79. The molecule has 0 aliphatic rings. The van der Waals surface area contributed by atoms with Crippen molar-refractivity contribution < 1.29 is 14.3 Å². The van der Waals surface area contributed by atoms with Gasteiger partial charge in [0.2, 0.25) is 5.91 Å². The Bertz CT molecular complexity index is 569. The zero-order chi connectivity index (χ0) is 14.9. The molecule has 0 aliphatic carbocycles. The van der Waals surface area contributed by atoms with Crippen molar-refractivity contribution >= 4 is 5.91 Å². The summed E-state index contributed by atoms with van der Waals surface area (Å²) in [6, 6.07) is 16.6. The van der Waals surface area contributed by atoms with E-state index in [-0.39, 0.29) is 0 Å². The number of primary amides is 1. The molecular formula is C17H19NO3. The average molecular weight is 285 g/mol. The van der Waals surface area contributed by atoms with E-state index in [0.29, 0.717) is 24.5 Å². The van der Waals surface area contributed by atoms with Crippen LogP contribution in [0.1, 0.15) is 23.2 Å². The smallest absolute Gasteiger partial charge is 0.248 e. The van der Waals surface area contributed by atoms with Crippen LogP contribution in [0.5, 0.6) is 11.5 Å². The number of carbonyl (C=O) groups excluding carboxylic acids is 1. The Balaban J connectivity index is 1.64. The third-order valence-electron chi connectivity index (χ3n) is 2.94.